The van der Waals surface area contributed by atoms with Gasteiger partial charge in [-0.2, -0.15) is 0 Å². The smallest absolute Gasteiger partial charge is 0.0412 e. The van der Waals surface area contributed by atoms with Crippen molar-refractivity contribution in [3.05, 3.63) is 36.7 Å². The van der Waals surface area contributed by atoms with Gasteiger partial charge >= 0.3 is 0 Å². The predicted octanol–water partition coefficient (Wildman–Crippen LogP) is 3.23. The molecular formula is C13H13N. The Balaban J connectivity index is 2.41. The van der Waals surface area contributed by atoms with E-state index >= 15 is 0 Å². The summed E-state index contributed by atoms with van der Waals surface area (Å²) in [7, 11) is 0. The van der Waals surface area contributed by atoms with Crippen LogP contribution in [0.4, 0.5) is 0 Å². The third-order valence-corrected chi connectivity index (χ3v) is 2.49. The van der Waals surface area contributed by atoms with Crippen molar-refractivity contribution in [1.29, 1.82) is 0 Å². The number of terminal acetylenes is 1. The molecule has 0 aliphatic rings. The third-order valence-electron chi connectivity index (χ3n) is 2.49. The Hall–Kier alpha value is -1.68. The van der Waals surface area contributed by atoms with Gasteiger partial charge in [-0.3, -0.25) is 0 Å². The molecule has 1 atom stereocenters. The van der Waals surface area contributed by atoms with Crippen LogP contribution in [-0.2, 0) is 0 Å². The molecule has 0 spiro atoms. The fraction of sp³-hybridized carbons (Fsp3) is 0.231. The largest absolute Gasteiger partial charge is 0.349 e. The van der Waals surface area contributed by atoms with E-state index in [9.17, 15) is 0 Å². The van der Waals surface area contributed by atoms with Gasteiger partial charge in [0.25, 0.3) is 0 Å². The minimum Gasteiger partial charge on any atom is -0.349 e. The fourth-order valence-electron chi connectivity index (χ4n) is 1.63. The van der Waals surface area contributed by atoms with Crippen molar-refractivity contribution in [3.63, 3.8) is 0 Å². The van der Waals surface area contributed by atoms with Crippen LogP contribution in [0, 0.1) is 12.3 Å². The van der Waals surface area contributed by atoms with E-state index in [1.165, 1.54) is 10.8 Å². The van der Waals surface area contributed by atoms with E-state index in [4.69, 9.17) is 6.42 Å². The Morgan fingerprint density at radius 3 is 2.36 bits per heavy atom. The van der Waals surface area contributed by atoms with Crippen LogP contribution in [0.25, 0.3) is 10.8 Å². The number of nitrogens with zero attached hydrogens (tertiary/aromatic N) is 1. The Labute approximate surface area is 84.4 Å². The highest BCUT2D eigenvalue weighted by molar-refractivity contribution is 5.82. The second-order valence-electron chi connectivity index (χ2n) is 3.59. The average Bonchev–Trinajstić information content (AvgIpc) is 2.61. The van der Waals surface area contributed by atoms with Crippen molar-refractivity contribution in [2.45, 2.75) is 19.4 Å². The molecule has 1 nitrogen and oxygen atoms in total. The summed E-state index contributed by atoms with van der Waals surface area (Å²) in [5.41, 5.74) is 0. The van der Waals surface area contributed by atoms with Crippen molar-refractivity contribution in [2.75, 3.05) is 0 Å². The zero-order valence-corrected chi connectivity index (χ0v) is 8.27. The van der Waals surface area contributed by atoms with Crippen LogP contribution in [0.1, 0.15) is 19.4 Å². The van der Waals surface area contributed by atoms with Crippen LogP contribution in [0.5, 0.6) is 0 Å². The summed E-state index contributed by atoms with van der Waals surface area (Å²) in [6.07, 6.45) is 10.4. The zero-order chi connectivity index (χ0) is 9.97. The second kappa shape index (κ2) is 3.59. The van der Waals surface area contributed by atoms with E-state index in [2.05, 4.69) is 54.1 Å². The average molecular weight is 183 g/mol. The highest BCUT2D eigenvalue weighted by Gasteiger charge is 2.03. The van der Waals surface area contributed by atoms with Crippen LogP contribution in [0.2, 0.25) is 0 Å². The van der Waals surface area contributed by atoms with Crippen molar-refractivity contribution in [1.82, 2.24) is 4.57 Å². The molecule has 0 saturated heterocycles. The third kappa shape index (κ3) is 1.52. The molecule has 0 aliphatic heterocycles. The van der Waals surface area contributed by atoms with E-state index in [0.29, 0.717) is 6.04 Å². The zero-order valence-electron chi connectivity index (χ0n) is 8.27. The minimum atomic E-state index is 0.382. The molecule has 1 heterocycles. The summed E-state index contributed by atoms with van der Waals surface area (Å²) in [5.74, 6) is 2.69. The molecule has 1 aromatic carbocycles. The van der Waals surface area contributed by atoms with Crippen molar-refractivity contribution < 1.29 is 0 Å². The fourth-order valence-corrected chi connectivity index (χ4v) is 1.63. The Morgan fingerprint density at radius 2 is 1.86 bits per heavy atom. The van der Waals surface area contributed by atoms with Crippen LogP contribution < -0.4 is 0 Å². The molecule has 0 bridgehead atoms. The molecule has 2 rings (SSSR count). The second-order valence-corrected chi connectivity index (χ2v) is 3.59. The summed E-state index contributed by atoms with van der Waals surface area (Å²) < 4.78 is 2.19. The number of benzene rings is 1. The van der Waals surface area contributed by atoms with Crippen LogP contribution >= 0.6 is 0 Å². The van der Waals surface area contributed by atoms with Gasteiger partial charge in [-0.1, -0.05) is 24.3 Å². The van der Waals surface area contributed by atoms with Gasteiger partial charge in [0.05, 0.1) is 0 Å². The van der Waals surface area contributed by atoms with E-state index < -0.39 is 0 Å². The first kappa shape index (κ1) is 8.90. The molecule has 0 aliphatic carbocycles. The quantitative estimate of drug-likeness (QED) is 0.630. The van der Waals surface area contributed by atoms with Gasteiger partial charge in [-0.25, -0.2) is 0 Å². The van der Waals surface area contributed by atoms with Crippen LogP contribution in [0.3, 0.4) is 0 Å². The Kier molecular flexibility index (Phi) is 2.28. The lowest BCUT2D eigenvalue weighted by Crippen LogP contribution is -2.00. The van der Waals surface area contributed by atoms with Gasteiger partial charge in [-0.15, -0.1) is 12.3 Å². The lowest BCUT2D eigenvalue weighted by atomic mass is 10.2. The number of aromatic nitrogens is 1. The molecule has 14 heavy (non-hydrogen) atoms. The van der Waals surface area contributed by atoms with E-state index in [1.54, 1.807) is 0 Å². The number of hydrogen-bond acceptors (Lipinski definition) is 0. The highest BCUT2D eigenvalue weighted by Crippen LogP contribution is 2.19. The summed E-state index contributed by atoms with van der Waals surface area (Å²) >= 11 is 0. The predicted molar refractivity (Wildman–Crippen MR) is 60.1 cm³/mol. The number of fused-ring (bicyclic) bond motifs is 1. The lowest BCUT2D eigenvalue weighted by molar-refractivity contribution is 0.567. The van der Waals surface area contributed by atoms with Crippen LogP contribution in [-0.4, -0.2) is 4.57 Å². The highest BCUT2D eigenvalue weighted by atomic mass is 15.0. The maximum absolute atomic E-state index is 5.30. The lowest BCUT2D eigenvalue weighted by Gasteiger charge is -2.08. The van der Waals surface area contributed by atoms with Gasteiger partial charge in [0.15, 0.2) is 0 Å². The molecule has 1 heteroatoms. The van der Waals surface area contributed by atoms with Gasteiger partial charge < -0.3 is 4.57 Å². The van der Waals surface area contributed by atoms with Gasteiger partial charge in [0, 0.05) is 24.9 Å². The topological polar surface area (TPSA) is 4.93 Å². The molecule has 0 fully saturated rings. The standard InChI is InChI=1S/C13H13N/c1-3-6-11(2)14-9-12-7-4-5-8-13(12)10-14/h1,4-5,7-11H,6H2,2H3. The normalized spacial score (nSPS) is 12.6. The molecule has 2 aromatic rings. The maximum Gasteiger partial charge on any atom is 0.0412 e. The van der Waals surface area contributed by atoms with E-state index in [-0.39, 0.29) is 0 Å². The molecule has 0 saturated carbocycles. The molecular weight excluding hydrogens is 170 g/mol. The first-order valence-corrected chi connectivity index (χ1v) is 4.81. The van der Waals surface area contributed by atoms with Crippen molar-refractivity contribution >= 4 is 10.8 Å². The summed E-state index contributed by atoms with van der Waals surface area (Å²) in [5, 5.41) is 2.55. The van der Waals surface area contributed by atoms with Gasteiger partial charge in [-0.05, 0) is 17.7 Å². The first-order chi connectivity index (χ1) is 6.81. The maximum atomic E-state index is 5.30. The Bertz CT molecular complexity index is 440. The molecule has 0 N–H and O–H groups in total. The summed E-state index contributed by atoms with van der Waals surface area (Å²) in [6.45, 7) is 2.14. The van der Waals surface area contributed by atoms with Crippen LogP contribution in [0.15, 0.2) is 36.7 Å². The van der Waals surface area contributed by atoms with Crippen molar-refractivity contribution in [3.8, 4) is 12.3 Å². The first-order valence-electron chi connectivity index (χ1n) is 4.81. The molecule has 0 radical (unpaired) electrons. The summed E-state index contributed by atoms with van der Waals surface area (Å²) in [6, 6.07) is 8.73. The number of hydrogen-bond donors (Lipinski definition) is 0. The van der Waals surface area contributed by atoms with Gasteiger partial charge in [0.1, 0.15) is 0 Å². The SMILES string of the molecule is C#CCC(C)n1cc2ccccc2c1. The van der Waals surface area contributed by atoms with E-state index in [1.807, 2.05) is 0 Å². The van der Waals surface area contributed by atoms with E-state index in [0.717, 1.165) is 6.42 Å². The van der Waals surface area contributed by atoms with Gasteiger partial charge in [0.2, 0.25) is 0 Å². The summed E-state index contributed by atoms with van der Waals surface area (Å²) in [4.78, 5) is 0. The molecule has 70 valence electrons. The van der Waals surface area contributed by atoms with Crippen molar-refractivity contribution in [2.24, 2.45) is 0 Å². The monoisotopic (exact) mass is 183 g/mol. The molecule has 1 aromatic heterocycles. The minimum absolute atomic E-state index is 0.382. The molecule has 0 amide bonds. The molecule has 1 unspecified atom stereocenters. The number of rotatable bonds is 2. The Morgan fingerprint density at radius 1 is 1.29 bits per heavy atom.